The molecule has 0 bridgehead atoms. The number of ketones is 1. The van der Waals surface area contributed by atoms with E-state index in [2.05, 4.69) is 9.68 Å². The van der Waals surface area contributed by atoms with Gasteiger partial charge in [-0.25, -0.2) is 0 Å². The minimum atomic E-state index is -0.688. The lowest BCUT2D eigenvalue weighted by molar-refractivity contribution is -0.104. The van der Waals surface area contributed by atoms with Crippen LogP contribution in [0.25, 0.3) is 0 Å². The molecule has 4 nitrogen and oxygen atoms in total. The molecule has 1 rings (SSSR count). The Morgan fingerprint density at radius 2 is 2.56 bits per heavy atom. The molecule has 0 amide bonds. The largest absolute Gasteiger partial charge is 0.353 e. The molecule has 0 fully saturated rings. The second kappa shape index (κ2) is 2.21. The molecule has 4 heteroatoms. The molecule has 0 atom stereocenters. The van der Waals surface area contributed by atoms with Crippen molar-refractivity contribution in [3.8, 4) is 0 Å². The van der Waals surface area contributed by atoms with Gasteiger partial charge in [0.05, 0.1) is 6.20 Å². The minimum absolute atomic E-state index is 0.0231. The van der Waals surface area contributed by atoms with Crippen LogP contribution in [0.15, 0.2) is 16.8 Å². The van der Waals surface area contributed by atoms with Gasteiger partial charge in [0.1, 0.15) is 0 Å². The fourth-order valence-electron chi connectivity index (χ4n) is 0.401. The van der Waals surface area contributed by atoms with Crippen LogP contribution in [0.2, 0.25) is 0 Å². The molecule has 0 saturated heterocycles. The fourth-order valence-corrected chi connectivity index (χ4v) is 0.401. The van der Waals surface area contributed by atoms with Crippen LogP contribution in [0.3, 0.4) is 0 Å². The first-order chi connectivity index (χ1) is 4.34. The third-order valence-corrected chi connectivity index (χ3v) is 0.788. The zero-order chi connectivity index (χ0) is 6.69. The van der Waals surface area contributed by atoms with E-state index in [9.17, 15) is 9.59 Å². The van der Waals surface area contributed by atoms with Crippen molar-refractivity contribution in [3.63, 3.8) is 0 Å². The Balaban J connectivity index is 2.89. The van der Waals surface area contributed by atoms with Gasteiger partial charge >= 0.3 is 0 Å². The zero-order valence-electron chi connectivity index (χ0n) is 4.40. The SMILES string of the molecule is O=CC(=O)c1ccno1. The van der Waals surface area contributed by atoms with Gasteiger partial charge in [0, 0.05) is 6.07 Å². The van der Waals surface area contributed by atoms with Gasteiger partial charge in [-0.3, -0.25) is 9.59 Å². The molecule has 9 heavy (non-hydrogen) atoms. The number of hydrogen-bond acceptors (Lipinski definition) is 4. The molecule has 0 aromatic carbocycles. The Labute approximate surface area is 50.4 Å². The molecule has 0 saturated carbocycles. The number of rotatable bonds is 2. The van der Waals surface area contributed by atoms with Crippen LogP contribution < -0.4 is 0 Å². The number of carbonyl (C=O) groups is 2. The summed E-state index contributed by atoms with van der Waals surface area (Å²) in [4.78, 5) is 20.1. The maximum atomic E-state index is 10.4. The summed E-state index contributed by atoms with van der Waals surface area (Å²) < 4.78 is 4.36. The lowest BCUT2D eigenvalue weighted by Gasteiger charge is -1.76. The molecule has 0 aliphatic heterocycles. The number of aromatic nitrogens is 1. The zero-order valence-corrected chi connectivity index (χ0v) is 4.40. The van der Waals surface area contributed by atoms with Crippen molar-refractivity contribution in [3.05, 3.63) is 18.0 Å². The average Bonchev–Trinajstić information content (AvgIpc) is 2.37. The summed E-state index contributed by atoms with van der Waals surface area (Å²) in [5.41, 5.74) is 0. The highest BCUT2D eigenvalue weighted by molar-refractivity contribution is 6.32. The van der Waals surface area contributed by atoms with Gasteiger partial charge in [-0.15, -0.1) is 0 Å². The first kappa shape index (κ1) is 5.68. The molecule has 46 valence electrons. The van der Waals surface area contributed by atoms with E-state index in [-0.39, 0.29) is 12.0 Å². The maximum Gasteiger partial charge on any atom is 0.263 e. The van der Waals surface area contributed by atoms with Crippen molar-refractivity contribution in [2.45, 2.75) is 0 Å². The van der Waals surface area contributed by atoms with Crippen LogP contribution in [0, 0.1) is 0 Å². The van der Waals surface area contributed by atoms with E-state index in [1.165, 1.54) is 12.3 Å². The smallest absolute Gasteiger partial charge is 0.263 e. The van der Waals surface area contributed by atoms with Crippen LogP contribution in [-0.4, -0.2) is 17.2 Å². The van der Waals surface area contributed by atoms with Crippen LogP contribution in [0.4, 0.5) is 0 Å². The van der Waals surface area contributed by atoms with Crippen LogP contribution >= 0.6 is 0 Å². The van der Waals surface area contributed by atoms with Gasteiger partial charge < -0.3 is 4.52 Å². The molecule has 0 aliphatic rings. The maximum absolute atomic E-state index is 10.4. The Bertz CT molecular complexity index is 214. The quantitative estimate of drug-likeness (QED) is 0.318. The normalized spacial score (nSPS) is 8.89. The summed E-state index contributed by atoms with van der Waals surface area (Å²) in [6, 6.07) is 1.33. The van der Waals surface area contributed by atoms with Crippen molar-refractivity contribution >= 4 is 12.1 Å². The average molecular weight is 125 g/mol. The number of nitrogens with zero attached hydrogens (tertiary/aromatic N) is 1. The molecule has 0 spiro atoms. The van der Waals surface area contributed by atoms with Gasteiger partial charge in [-0.2, -0.15) is 0 Å². The summed E-state index contributed by atoms with van der Waals surface area (Å²) in [6.07, 6.45) is 1.48. The molecule has 0 radical (unpaired) electrons. The predicted octanol–water partition coefficient (Wildman–Crippen LogP) is 0.0562. The number of carbonyl (C=O) groups excluding carboxylic acids is 2. The van der Waals surface area contributed by atoms with Gasteiger partial charge in [0.15, 0.2) is 6.29 Å². The monoisotopic (exact) mass is 125 g/mol. The molecule has 1 aromatic rings. The summed E-state index contributed by atoms with van der Waals surface area (Å²) >= 11 is 0. The van der Waals surface area contributed by atoms with Gasteiger partial charge in [0.2, 0.25) is 5.76 Å². The first-order valence-electron chi connectivity index (χ1n) is 2.25. The molecular formula is C5H3NO3. The van der Waals surface area contributed by atoms with Gasteiger partial charge in [-0.1, -0.05) is 5.16 Å². The second-order valence-corrected chi connectivity index (χ2v) is 1.36. The van der Waals surface area contributed by atoms with Gasteiger partial charge in [-0.05, 0) is 0 Å². The Morgan fingerprint density at radius 3 is 3.00 bits per heavy atom. The number of Topliss-reactive ketones (excluding diaryl/α,β-unsaturated/α-hetero) is 1. The molecular weight excluding hydrogens is 122 g/mol. The van der Waals surface area contributed by atoms with Crippen molar-refractivity contribution in [2.24, 2.45) is 0 Å². The van der Waals surface area contributed by atoms with Crippen LogP contribution in [0.1, 0.15) is 10.6 Å². The Morgan fingerprint density at radius 1 is 1.78 bits per heavy atom. The van der Waals surface area contributed by atoms with Crippen LogP contribution in [-0.2, 0) is 4.79 Å². The minimum Gasteiger partial charge on any atom is -0.353 e. The molecule has 1 heterocycles. The van der Waals surface area contributed by atoms with E-state index in [1.54, 1.807) is 0 Å². The lowest BCUT2D eigenvalue weighted by atomic mass is 10.3. The third-order valence-electron chi connectivity index (χ3n) is 0.788. The van der Waals surface area contributed by atoms with Crippen LogP contribution in [0.5, 0.6) is 0 Å². The van der Waals surface area contributed by atoms with Gasteiger partial charge in [0.25, 0.3) is 5.78 Å². The van der Waals surface area contributed by atoms with Crippen molar-refractivity contribution in [1.29, 1.82) is 0 Å². The third kappa shape index (κ3) is 1.02. The standard InChI is InChI=1S/C5H3NO3/c7-3-4(8)5-1-2-6-9-5/h1-3H. The fraction of sp³-hybridized carbons (Fsp3) is 0. The Kier molecular flexibility index (Phi) is 1.40. The summed E-state index contributed by atoms with van der Waals surface area (Å²) in [6.45, 7) is 0. The van der Waals surface area contributed by atoms with E-state index < -0.39 is 5.78 Å². The molecule has 0 unspecified atom stereocenters. The van der Waals surface area contributed by atoms with E-state index in [1.807, 2.05) is 0 Å². The lowest BCUT2D eigenvalue weighted by Crippen LogP contribution is -1.96. The summed E-state index contributed by atoms with van der Waals surface area (Å²) in [7, 11) is 0. The van der Waals surface area contributed by atoms with E-state index in [4.69, 9.17) is 0 Å². The Hall–Kier alpha value is -1.45. The van der Waals surface area contributed by atoms with E-state index in [0.29, 0.717) is 0 Å². The highest BCUT2D eigenvalue weighted by atomic mass is 16.5. The summed E-state index contributed by atoms with van der Waals surface area (Å²) in [5, 5.41) is 3.24. The number of hydrogen-bond donors (Lipinski definition) is 0. The highest BCUT2D eigenvalue weighted by Gasteiger charge is 2.05. The van der Waals surface area contributed by atoms with Crippen molar-refractivity contribution < 1.29 is 14.1 Å². The molecule has 0 N–H and O–H groups in total. The number of aldehydes is 1. The van der Waals surface area contributed by atoms with Crippen molar-refractivity contribution in [2.75, 3.05) is 0 Å². The highest BCUT2D eigenvalue weighted by Crippen LogP contribution is 1.94. The van der Waals surface area contributed by atoms with Crippen molar-refractivity contribution in [1.82, 2.24) is 5.16 Å². The summed E-state index contributed by atoms with van der Waals surface area (Å²) in [5.74, 6) is -0.711. The molecule has 1 aromatic heterocycles. The topological polar surface area (TPSA) is 60.2 Å². The van der Waals surface area contributed by atoms with E-state index >= 15 is 0 Å². The predicted molar refractivity (Wildman–Crippen MR) is 26.9 cm³/mol. The molecule has 0 aliphatic carbocycles. The van der Waals surface area contributed by atoms with E-state index in [0.717, 1.165) is 0 Å². The second-order valence-electron chi connectivity index (χ2n) is 1.36. The first-order valence-corrected chi connectivity index (χ1v) is 2.25.